The average Bonchev–Trinajstić information content (AvgIpc) is 2.64. The van der Waals surface area contributed by atoms with Gasteiger partial charge in [-0.15, -0.1) is 0 Å². The van der Waals surface area contributed by atoms with Gasteiger partial charge in [0.1, 0.15) is 0 Å². The molecule has 1 aliphatic rings. The van der Waals surface area contributed by atoms with Crippen molar-refractivity contribution in [3.63, 3.8) is 0 Å². The standard InChI is InChI=1S/C20H31N3O2/c1-3-23(4-2)19(25)16-8-10-17(11-9-16)22-18(24)14-20(15-21)12-6-5-7-13-20/h8-11H,3-7,12-15,21H2,1-2H3,(H,22,24). The minimum atomic E-state index is -0.0407. The second kappa shape index (κ2) is 8.99. The lowest BCUT2D eigenvalue weighted by Gasteiger charge is -2.35. The third-order valence-electron chi connectivity index (χ3n) is 5.35. The Bertz CT molecular complexity index is 573. The first-order chi connectivity index (χ1) is 12.0. The summed E-state index contributed by atoms with van der Waals surface area (Å²) >= 11 is 0. The molecule has 0 spiro atoms. The summed E-state index contributed by atoms with van der Waals surface area (Å²) in [4.78, 5) is 26.5. The number of carbonyl (C=O) groups excluding carboxylic acids is 2. The first-order valence-electron chi connectivity index (χ1n) is 9.43. The van der Waals surface area contributed by atoms with Gasteiger partial charge in [0.25, 0.3) is 5.91 Å². The van der Waals surface area contributed by atoms with Crippen molar-refractivity contribution in [3.8, 4) is 0 Å². The van der Waals surface area contributed by atoms with Gasteiger partial charge in [-0.1, -0.05) is 19.3 Å². The van der Waals surface area contributed by atoms with Crippen LogP contribution in [0.2, 0.25) is 0 Å². The van der Waals surface area contributed by atoms with E-state index in [1.54, 1.807) is 29.2 Å². The molecule has 0 aliphatic heterocycles. The quantitative estimate of drug-likeness (QED) is 0.795. The van der Waals surface area contributed by atoms with E-state index in [-0.39, 0.29) is 17.2 Å². The summed E-state index contributed by atoms with van der Waals surface area (Å²) in [5.41, 5.74) is 7.30. The van der Waals surface area contributed by atoms with Gasteiger partial charge >= 0.3 is 0 Å². The fourth-order valence-corrected chi connectivity index (χ4v) is 3.69. The summed E-state index contributed by atoms with van der Waals surface area (Å²) in [6.45, 7) is 5.88. The van der Waals surface area contributed by atoms with Gasteiger partial charge < -0.3 is 16.0 Å². The molecule has 1 aromatic carbocycles. The first kappa shape index (κ1) is 19.4. The predicted octanol–water partition coefficient (Wildman–Crippen LogP) is 3.41. The van der Waals surface area contributed by atoms with E-state index in [1.165, 1.54) is 6.42 Å². The van der Waals surface area contributed by atoms with Crippen LogP contribution in [0.15, 0.2) is 24.3 Å². The highest BCUT2D eigenvalue weighted by Gasteiger charge is 2.32. The van der Waals surface area contributed by atoms with Crippen LogP contribution >= 0.6 is 0 Å². The maximum absolute atomic E-state index is 12.4. The molecular formula is C20H31N3O2. The first-order valence-corrected chi connectivity index (χ1v) is 9.43. The third-order valence-corrected chi connectivity index (χ3v) is 5.35. The molecule has 138 valence electrons. The molecule has 0 saturated heterocycles. The summed E-state index contributed by atoms with van der Waals surface area (Å²) in [6.07, 6.45) is 6.11. The molecule has 0 radical (unpaired) electrons. The molecule has 2 rings (SSSR count). The van der Waals surface area contributed by atoms with Crippen molar-refractivity contribution in [2.75, 3.05) is 25.0 Å². The largest absolute Gasteiger partial charge is 0.339 e. The summed E-state index contributed by atoms with van der Waals surface area (Å²) < 4.78 is 0. The zero-order chi connectivity index (χ0) is 18.3. The van der Waals surface area contributed by atoms with E-state index in [1.807, 2.05) is 13.8 Å². The molecule has 2 amide bonds. The Morgan fingerprint density at radius 3 is 2.20 bits per heavy atom. The van der Waals surface area contributed by atoms with E-state index in [4.69, 9.17) is 5.73 Å². The third kappa shape index (κ3) is 5.05. The van der Waals surface area contributed by atoms with Gasteiger partial charge in [-0.05, 0) is 62.9 Å². The van der Waals surface area contributed by atoms with Crippen LogP contribution in [0.25, 0.3) is 0 Å². The fraction of sp³-hybridized carbons (Fsp3) is 0.600. The van der Waals surface area contributed by atoms with Crippen LogP contribution in [0.1, 0.15) is 62.7 Å². The molecule has 1 aromatic rings. The summed E-state index contributed by atoms with van der Waals surface area (Å²) in [5.74, 6) is 0.0299. The zero-order valence-corrected chi connectivity index (χ0v) is 15.5. The molecule has 3 N–H and O–H groups in total. The summed E-state index contributed by atoms with van der Waals surface area (Å²) in [5, 5.41) is 2.95. The van der Waals surface area contributed by atoms with Crippen LogP contribution in [0, 0.1) is 5.41 Å². The number of hydrogen-bond donors (Lipinski definition) is 2. The Morgan fingerprint density at radius 1 is 1.08 bits per heavy atom. The number of amides is 2. The monoisotopic (exact) mass is 345 g/mol. The van der Waals surface area contributed by atoms with E-state index in [9.17, 15) is 9.59 Å². The van der Waals surface area contributed by atoms with Crippen molar-refractivity contribution in [1.29, 1.82) is 0 Å². The van der Waals surface area contributed by atoms with Crippen LogP contribution in [-0.4, -0.2) is 36.3 Å². The zero-order valence-electron chi connectivity index (χ0n) is 15.5. The van der Waals surface area contributed by atoms with Crippen molar-refractivity contribution >= 4 is 17.5 Å². The molecule has 1 saturated carbocycles. The van der Waals surface area contributed by atoms with Gasteiger partial charge in [0.2, 0.25) is 5.91 Å². The number of rotatable bonds is 7. The minimum Gasteiger partial charge on any atom is -0.339 e. The smallest absolute Gasteiger partial charge is 0.253 e. The lowest BCUT2D eigenvalue weighted by atomic mass is 9.71. The van der Waals surface area contributed by atoms with Crippen LogP contribution in [-0.2, 0) is 4.79 Å². The molecule has 25 heavy (non-hydrogen) atoms. The molecule has 5 heteroatoms. The SMILES string of the molecule is CCN(CC)C(=O)c1ccc(NC(=O)CC2(CN)CCCCC2)cc1. The number of carbonyl (C=O) groups is 2. The van der Waals surface area contributed by atoms with Gasteiger partial charge in [-0.25, -0.2) is 0 Å². The Balaban J connectivity index is 1.96. The van der Waals surface area contributed by atoms with E-state index >= 15 is 0 Å². The summed E-state index contributed by atoms with van der Waals surface area (Å²) in [6, 6.07) is 7.14. The second-order valence-corrected chi connectivity index (χ2v) is 7.04. The van der Waals surface area contributed by atoms with Gasteiger partial charge in [-0.2, -0.15) is 0 Å². The second-order valence-electron chi connectivity index (χ2n) is 7.04. The van der Waals surface area contributed by atoms with Crippen molar-refractivity contribution in [2.24, 2.45) is 11.1 Å². The topological polar surface area (TPSA) is 75.4 Å². The highest BCUT2D eigenvalue weighted by molar-refractivity contribution is 5.96. The molecular weight excluding hydrogens is 314 g/mol. The van der Waals surface area contributed by atoms with Gasteiger partial charge in [-0.3, -0.25) is 9.59 Å². The number of anilines is 1. The maximum atomic E-state index is 12.4. The lowest BCUT2D eigenvalue weighted by Crippen LogP contribution is -2.36. The highest BCUT2D eigenvalue weighted by Crippen LogP contribution is 2.38. The van der Waals surface area contributed by atoms with Crippen LogP contribution in [0.4, 0.5) is 5.69 Å². The fourth-order valence-electron chi connectivity index (χ4n) is 3.69. The van der Waals surface area contributed by atoms with Crippen LogP contribution in [0.5, 0.6) is 0 Å². The van der Waals surface area contributed by atoms with E-state index in [2.05, 4.69) is 5.32 Å². The van der Waals surface area contributed by atoms with Crippen LogP contribution in [0.3, 0.4) is 0 Å². The van der Waals surface area contributed by atoms with Crippen molar-refractivity contribution in [3.05, 3.63) is 29.8 Å². The molecule has 5 nitrogen and oxygen atoms in total. The molecule has 0 unspecified atom stereocenters. The van der Waals surface area contributed by atoms with Crippen molar-refractivity contribution in [2.45, 2.75) is 52.4 Å². The Kier molecular flexibility index (Phi) is 7.00. The predicted molar refractivity (Wildman–Crippen MR) is 102 cm³/mol. The Morgan fingerprint density at radius 2 is 1.68 bits per heavy atom. The number of nitrogens with two attached hydrogens (primary N) is 1. The number of hydrogen-bond acceptors (Lipinski definition) is 3. The minimum absolute atomic E-state index is 0.00942. The molecule has 1 aliphatic carbocycles. The van der Waals surface area contributed by atoms with E-state index < -0.39 is 0 Å². The van der Waals surface area contributed by atoms with Gasteiger partial charge in [0.05, 0.1) is 0 Å². The highest BCUT2D eigenvalue weighted by atomic mass is 16.2. The Labute approximate surface area is 151 Å². The van der Waals surface area contributed by atoms with Crippen molar-refractivity contribution in [1.82, 2.24) is 4.90 Å². The van der Waals surface area contributed by atoms with Gasteiger partial charge in [0.15, 0.2) is 0 Å². The lowest BCUT2D eigenvalue weighted by molar-refractivity contribution is -0.118. The molecule has 0 heterocycles. The molecule has 0 atom stereocenters. The number of nitrogens with one attached hydrogen (secondary N) is 1. The van der Waals surface area contributed by atoms with Gasteiger partial charge in [0, 0.05) is 30.8 Å². The number of nitrogens with zero attached hydrogens (tertiary/aromatic N) is 1. The molecule has 1 fully saturated rings. The summed E-state index contributed by atoms with van der Waals surface area (Å²) in [7, 11) is 0. The van der Waals surface area contributed by atoms with E-state index in [0.29, 0.717) is 31.6 Å². The maximum Gasteiger partial charge on any atom is 0.253 e. The van der Waals surface area contributed by atoms with E-state index in [0.717, 1.165) is 31.4 Å². The van der Waals surface area contributed by atoms with Crippen LogP contribution < -0.4 is 11.1 Å². The number of benzene rings is 1. The molecule has 0 bridgehead atoms. The Hall–Kier alpha value is -1.88. The normalized spacial score (nSPS) is 16.3. The van der Waals surface area contributed by atoms with Crippen molar-refractivity contribution < 1.29 is 9.59 Å². The molecule has 0 aromatic heterocycles. The average molecular weight is 345 g/mol.